The second-order valence-corrected chi connectivity index (χ2v) is 4.70. The molecule has 1 rings (SSSR count). The monoisotopic (exact) mass is 225 g/mol. The summed E-state index contributed by atoms with van der Waals surface area (Å²) in [6, 6.07) is 6.53. The molecule has 0 aliphatic heterocycles. The van der Waals surface area contributed by atoms with Crippen molar-refractivity contribution in [2.75, 3.05) is 19.4 Å². The lowest BCUT2D eigenvalue weighted by atomic mass is 10.1. The summed E-state index contributed by atoms with van der Waals surface area (Å²) >= 11 is 1.82. The van der Waals surface area contributed by atoms with Crippen LogP contribution >= 0.6 is 11.8 Å². The van der Waals surface area contributed by atoms with Gasteiger partial charge in [-0.15, -0.1) is 11.8 Å². The summed E-state index contributed by atoms with van der Waals surface area (Å²) < 4.78 is 0. The number of aryl methyl sites for hydroxylation is 1. The minimum atomic E-state index is 0.278. The largest absolute Gasteiger partial charge is 0.396 e. The molecule has 1 aromatic carbocycles. The van der Waals surface area contributed by atoms with E-state index in [2.05, 4.69) is 30.4 Å². The third-order valence-corrected chi connectivity index (χ3v) is 3.35. The Morgan fingerprint density at radius 3 is 2.87 bits per heavy atom. The normalized spacial score (nSPS) is 10.6. The topological polar surface area (TPSA) is 32.3 Å². The van der Waals surface area contributed by atoms with E-state index in [-0.39, 0.29) is 6.61 Å². The summed E-state index contributed by atoms with van der Waals surface area (Å²) in [6.45, 7) is 3.30. The highest BCUT2D eigenvalue weighted by molar-refractivity contribution is 7.99. The molecule has 0 radical (unpaired) electrons. The summed E-state index contributed by atoms with van der Waals surface area (Å²) in [6.07, 6.45) is 0.859. The molecule has 15 heavy (non-hydrogen) atoms. The first-order valence-electron chi connectivity index (χ1n) is 5.25. The lowest BCUT2D eigenvalue weighted by molar-refractivity contribution is 0.296. The number of nitrogens with one attached hydrogen (secondary N) is 1. The van der Waals surface area contributed by atoms with E-state index in [1.54, 1.807) is 0 Å². The Bertz CT molecular complexity index is 302. The smallest absolute Gasteiger partial charge is 0.0439 e. The fourth-order valence-corrected chi connectivity index (χ4v) is 2.40. The molecule has 0 bridgehead atoms. The molecule has 0 aromatic heterocycles. The molecule has 84 valence electrons. The van der Waals surface area contributed by atoms with Crippen LogP contribution in [0.4, 0.5) is 0 Å². The lowest BCUT2D eigenvalue weighted by Gasteiger charge is -2.09. The zero-order valence-corrected chi connectivity index (χ0v) is 10.2. The van der Waals surface area contributed by atoms with Crippen LogP contribution in [0.25, 0.3) is 0 Å². The Kier molecular flexibility index (Phi) is 5.76. The van der Waals surface area contributed by atoms with Crippen molar-refractivity contribution in [1.82, 2.24) is 5.32 Å². The van der Waals surface area contributed by atoms with Crippen molar-refractivity contribution in [1.29, 1.82) is 0 Å². The first-order chi connectivity index (χ1) is 7.27. The molecule has 1 aromatic rings. The molecule has 0 aliphatic carbocycles. The van der Waals surface area contributed by atoms with Gasteiger partial charge in [-0.05, 0) is 32.0 Å². The molecular weight excluding hydrogens is 206 g/mol. The molecule has 0 heterocycles. The van der Waals surface area contributed by atoms with Gasteiger partial charge in [-0.25, -0.2) is 0 Å². The van der Waals surface area contributed by atoms with Gasteiger partial charge in [0.1, 0.15) is 0 Å². The first kappa shape index (κ1) is 12.6. The number of rotatable bonds is 6. The number of aliphatic hydroxyl groups excluding tert-OH is 1. The van der Waals surface area contributed by atoms with Crippen LogP contribution in [-0.4, -0.2) is 24.5 Å². The first-order valence-corrected chi connectivity index (χ1v) is 6.24. The molecule has 0 aliphatic rings. The second-order valence-electron chi connectivity index (χ2n) is 3.57. The fraction of sp³-hybridized carbons (Fsp3) is 0.500. The van der Waals surface area contributed by atoms with Crippen LogP contribution in [0, 0.1) is 6.92 Å². The fourth-order valence-electron chi connectivity index (χ4n) is 1.42. The summed E-state index contributed by atoms with van der Waals surface area (Å²) in [4.78, 5) is 1.32. The Balaban J connectivity index is 2.67. The van der Waals surface area contributed by atoms with Gasteiger partial charge in [0.2, 0.25) is 0 Å². The van der Waals surface area contributed by atoms with Gasteiger partial charge in [0.15, 0.2) is 0 Å². The standard InChI is InChI=1S/C12H19NOS/c1-10-4-5-12(15-7-3-6-14)11(8-10)9-13-2/h4-5,8,13-14H,3,6-7,9H2,1-2H3. The predicted octanol–water partition coefficient (Wildman–Crippen LogP) is 2.19. The molecule has 0 unspecified atom stereocenters. The van der Waals surface area contributed by atoms with Crippen molar-refractivity contribution in [3.8, 4) is 0 Å². The molecule has 3 heteroatoms. The van der Waals surface area contributed by atoms with Gasteiger partial charge in [-0.1, -0.05) is 17.7 Å². The van der Waals surface area contributed by atoms with Crippen LogP contribution < -0.4 is 5.32 Å². The number of hydrogen-bond acceptors (Lipinski definition) is 3. The Labute approximate surface area is 96.1 Å². The summed E-state index contributed by atoms with van der Waals surface area (Å²) in [7, 11) is 1.96. The van der Waals surface area contributed by atoms with Gasteiger partial charge < -0.3 is 10.4 Å². The minimum absolute atomic E-state index is 0.278. The molecule has 0 saturated carbocycles. The Morgan fingerprint density at radius 2 is 2.20 bits per heavy atom. The molecule has 2 N–H and O–H groups in total. The summed E-state index contributed by atoms with van der Waals surface area (Å²) in [5.74, 6) is 0.982. The van der Waals surface area contributed by atoms with E-state index >= 15 is 0 Å². The number of thioether (sulfide) groups is 1. The Hall–Kier alpha value is -0.510. The quantitative estimate of drug-likeness (QED) is 0.575. The summed E-state index contributed by atoms with van der Waals surface area (Å²) in [5.41, 5.74) is 2.65. The maximum absolute atomic E-state index is 8.74. The maximum atomic E-state index is 8.74. The lowest BCUT2D eigenvalue weighted by Crippen LogP contribution is -2.06. The third-order valence-electron chi connectivity index (χ3n) is 2.14. The van der Waals surface area contributed by atoms with Crippen molar-refractivity contribution < 1.29 is 5.11 Å². The number of benzene rings is 1. The molecular formula is C12H19NOS. The van der Waals surface area contributed by atoms with E-state index in [9.17, 15) is 0 Å². The van der Waals surface area contributed by atoms with E-state index in [1.165, 1.54) is 16.0 Å². The zero-order valence-electron chi connectivity index (χ0n) is 9.42. The van der Waals surface area contributed by atoms with Crippen molar-refractivity contribution in [3.05, 3.63) is 29.3 Å². The number of aliphatic hydroxyl groups is 1. The van der Waals surface area contributed by atoms with E-state index in [1.807, 2.05) is 18.8 Å². The molecule has 0 fully saturated rings. The predicted molar refractivity (Wildman–Crippen MR) is 66.4 cm³/mol. The van der Waals surface area contributed by atoms with Crippen molar-refractivity contribution in [2.45, 2.75) is 24.8 Å². The van der Waals surface area contributed by atoms with E-state index < -0.39 is 0 Å². The van der Waals surface area contributed by atoms with Gasteiger partial charge >= 0.3 is 0 Å². The van der Waals surface area contributed by atoms with Crippen LogP contribution in [0.2, 0.25) is 0 Å². The van der Waals surface area contributed by atoms with Gasteiger partial charge in [-0.3, -0.25) is 0 Å². The maximum Gasteiger partial charge on any atom is 0.0439 e. The van der Waals surface area contributed by atoms with E-state index in [4.69, 9.17) is 5.11 Å². The van der Waals surface area contributed by atoms with Crippen LogP contribution in [0.5, 0.6) is 0 Å². The highest BCUT2D eigenvalue weighted by Crippen LogP contribution is 2.24. The molecule has 0 spiro atoms. The van der Waals surface area contributed by atoms with Crippen molar-refractivity contribution >= 4 is 11.8 Å². The van der Waals surface area contributed by atoms with E-state index in [0.29, 0.717) is 0 Å². The average molecular weight is 225 g/mol. The third kappa shape index (κ3) is 4.24. The van der Waals surface area contributed by atoms with Crippen LogP contribution in [-0.2, 0) is 6.54 Å². The van der Waals surface area contributed by atoms with Crippen LogP contribution in [0.1, 0.15) is 17.5 Å². The summed E-state index contributed by atoms with van der Waals surface area (Å²) in [5, 5.41) is 11.9. The zero-order chi connectivity index (χ0) is 11.1. The van der Waals surface area contributed by atoms with Crippen molar-refractivity contribution in [3.63, 3.8) is 0 Å². The molecule has 0 saturated heterocycles. The molecule has 0 amide bonds. The molecule has 0 atom stereocenters. The SMILES string of the molecule is CNCc1cc(C)ccc1SCCCO. The minimum Gasteiger partial charge on any atom is -0.396 e. The van der Waals surface area contributed by atoms with Gasteiger partial charge in [0, 0.05) is 23.8 Å². The van der Waals surface area contributed by atoms with E-state index in [0.717, 1.165) is 18.7 Å². The highest BCUT2D eigenvalue weighted by Gasteiger charge is 2.02. The van der Waals surface area contributed by atoms with Crippen LogP contribution in [0.15, 0.2) is 23.1 Å². The van der Waals surface area contributed by atoms with Crippen molar-refractivity contribution in [2.24, 2.45) is 0 Å². The highest BCUT2D eigenvalue weighted by atomic mass is 32.2. The average Bonchev–Trinajstić information content (AvgIpc) is 2.22. The number of hydrogen-bond donors (Lipinski definition) is 2. The van der Waals surface area contributed by atoms with Gasteiger partial charge in [0.05, 0.1) is 0 Å². The second kappa shape index (κ2) is 6.88. The van der Waals surface area contributed by atoms with Gasteiger partial charge in [0.25, 0.3) is 0 Å². The Morgan fingerprint density at radius 1 is 1.40 bits per heavy atom. The van der Waals surface area contributed by atoms with Gasteiger partial charge in [-0.2, -0.15) is 0 Å². The molecule has 2 nitrogen and oxygen atoms in total. The van der Waals surface area contributed by atoms with Crippen LogP contribution in [0.3, 0.4) is 0 Å².